The minimum absolute atomic E-state index is 0.0991. The summed E-state index contributed by atoms with van der Waals surface area (Å²) in [6, 6.07) is 15.8. The molecule has 1 saturated heterocycles. The highest BCUT2D eigenvalue weighted by molar-refractivity contribution is 7.12. The van der Waals surface area contributed by atoms with Gasteiger partial charge in [-0.25, -0.2) is 0 Å². The number of aliphatic hydroxyl groups is 2. The molecule has 4 rings (SSSR count). The highest BCUT2D eigenvalue weighted by atomic mass is 35.5. The number of rotatable bonds is 6. The molecule has 0 spiro atoms. The number of ether oxygens (including phenoxy) is 1. The zero-order chi connectivity index (χ0) is 20.9. The van der Waals surface area contributed by atoms with Crippen LogP contribution >= 0.6 is 22.9 Å². The SMILES string of the molecule is OCC1CC(O)CC(c2ccc(Cl)c(Cc3nnc(/C=C/c4ccccc4)s3)c2)O1. The summed E-state index contributed by atoms with van der Waals surface area (Å²) in [6.45, 7) is -0.0991. The van der Waals surface area contributed by atoms with Crippen LogP contribution in [0.5, 0.6) is 0 Å². The van der Waals surface area contributed by atoms with Crippen LogP contribution in [0.1, 0.15) is 45.7 Å². The van der Waals surface area contributed by atoms with E-state index >= 15 is 0 Å². The van der Waals surface area contributed by atoms with Crippen LogP contribution in [0, 0.1) is 0 Å². The Balaban J connectivity index is 1.48. The maximum absolute atomic E-state index is 10.1. The first-order chi connectivity index (χ1) is 14.6. The third-order valence-corrected chi connectivity index (χ3v) is 6.32. The summed E-state index contributed by atoms with van der Waals surface area (Å²) in [5.74, 6) is 0. The second kappa shape index (κ2) is 9.81. The first-order valence-corrected chi connectivity index (χ1v) is 11.1. The van der Waals surface area contributed by atoms with Gasteiger partial charge in [0.1, 0.15) is 10.0 Å². The van der Waals surface area contributed by atoms with E-state index in [9.17, 15) is 10.2 Å². The van der Waals surface area contributed by atoms with E-state index in [1.807, 2.05) is 60.7 Å². The van der Waals surface area contributed by atoms with E-state index in [-0.39, 0.29) is 18.8 Å². The third kappa shape index (κ3) is 5.33. The molecule has 30 heavy (non-hydrogen) atoms. The Morgan fingerprint density at radius 3 is 2.73 bits per heavy atom. The standard InChI is InChI=1S/C23H23ClN2O3S/c24-20-8-7-16(21-13-18(28)12-19(14-27)29-21)10-17(20)11-23-26-25-22(30-23)9-6-15-4-2-1-3-5-15/h1-10,18-19,21,27-28H,11-14H2/b9-6+. The minimum Gasteiger partial charge on any atom is -0.394 e. The van der Waals surface area contributed by atoms with Crippen molar-refractivity contribution in [2.45, 2.75) is 37.6 Å². The van der Waals surface area contributed by atoms with Crippen LogP contribution in [0.4, 0.5) is 0 Å². The molecule has 1 aliphatic rings. The lowest BCUT2D eigenvalue weighted by atomic mass is 9.95. The molecule has 2 N–H and O–H groups in total. The molecule has 3 unspecified atom stereocenters. The van der Waals surface area contributed by atoms with E-state index in [2.05, 4.69) is 10.2 Å². The predicted octanol–water partition coefficient (Wildman–Crippen LogP) is 4.53. The summed E-state index contributed by atoms with van der Waals surface area (Å²) in [4.78, 5) is 0. The molecule has 1 aromatic heterocycles. The Kier molecular flexibility index (Phi) is 6.92. The number of halogens is 1. The van der Waals surface area contributed by atoms with Crippen molar-refractivity contribution in [1.29, 1.82) is 0 Å². The minimum atomic E-state index is -0.484. The van der Waals surface area contributed by atoms with Gasteiger partial charge >= 0.3 is 0 Å². The van der Waals surface area contributed by atoms with Crippen LogP contribution in [0.3, 0.4) is 0 Å². The van der Waals surface area contributed by atoms with Crippen LogP contribution in [0.15, 0.2) is 48.5 Å². The molecule has 1 aliphatic heterocycles. The number of benzene rings is 2. The summed E-state index contributed by atoms with van der Waals surface area (Å²) in [5, 5.41) is 30.4. The second-order valence-corrected chi connectivity index (χ2v) is 8.86. The molecule has 0 amide bonds. The van der Waals surface area contributed by atoms with Crippen LogP contribution in [0.2, 0.25) is 5.02 Å². The van der Waals surface area contributed by atoms with Crippen molar-refractivity contribution in [3.8, 4) is 0 Å². The molecule has 0 radical (unpaired) electrons. The van der Waals surface area contributed by atoms with Gasteiger partial charge in [-0.15, -0.1) is 10.2 Å². The molecule has 0 bridgehead atoms. The van der Waals surface area contributed by atoms with Crippen LogP contribution in [0.25, 0.3) is 12.2 Å². The van der Waals surface area contributed by atoms with E-state index < -0.39 is 6.10 Å². The summed E-state index contributed by atoms with van der Waals surface area (Å²) in [6.07, 6.45) is 4.41. The van der Waals surface area contributed by atoms with E-state index in [0.717, 1.165) is 26.7 Å². The maximum Gasteiger partial charge on any atom is 0.140 e. The number of aromatic nitrogens is 2. The van der Waals surface area contributed by atoms with Crippen molar-refractivity contribution in [3.63, 3.8) is 0 Å². The van der Waals surface area contributed by atoms with Gasteiger partial charge in [-0.3, -0.25) is 0 Å². The highest BCUT2D eigenvalue weighted by Gasteiger charge is 2.29. The van der Waals surface area contributed by atoms with E-state index in [0.29, 0.717) is 24.3 Å². The number of aliphatic hydroxyl groups excluding tert-OH is 2. The monoisotopic (exact) mass is 442 g/mol. The Morgan fingerprint density at radius 1 is 1.10 bits per heavy atom. The van der Waals surface area contributed by atoms with Crippen LogP contribution in [-0.2, 0) is 11.2 Å². The normalized spacial score (nSPS) is 21.9. The Morgan fingerprint density at radius 2 is 1.93 bits per heavy atom. The fraction of sp³-hybridized carbons (Fsp3) is 0.304. The summed E-state index contributed by atoms with van der Waals surface area (Å²) in [5.41, 5.74) is 2.99. The molecule has 156 valence electrons. The number of hydrogen-bond acceptors (Lipinski definition) is 6. The molecule has 3 atom stereocenters. The predicted molar refractivity (Wildman–Crippen MR) is 119 cm³/mol. The lowest BCUT2D eigenvalue weighted by Gasteiger charge is -2.32. The van der Waals surface area contributed by atoms with Crippen LogP contribution in [-0.4, -0.2) is 39.2 Å². The van der Waals surface area contributed by atoms with Gasteiger partial charge < -0.3 is 14.9 Å². The molecule has 0 saturated carbocycles. The molecular weight excluding hydrogens is 420 g/mol. The molecule has 3 aromatic rings. The van der Waals surface area contributed by atoms with Gasteiger partial charge in [0.15, 0.2) is 0 Å². The van der Waals surface area contributed by atoms with Gasteiger partial charge in [-0.05, 0) is 28.8 Å². The fourth-order valence-electron chi connectivity index (χ4n) is 3.55. The van der Waals surface area contributed by atoms with Crippen molar-refractivity contribution in [2.75, 3.05) is 6.61 Å². The molecule has 1 fully saturated rings. The zero-order valence-electron chi connectivity index (χ0n) is 16.3. The largest absolute Gasteiger partial charge is 0.394 e. The topological polar surface area (TPSA) is 75.5 Å². The lowest BCUT2D eigenvalue weighted by molar-refractivity contribution is -0.113. The van der Waals surface area contributed by atoms with Gasteiger partial charge in [0.25, 0.3) is 0 Å². The molecule has 5 nitrogen and oxygen atoms in total. The van der Waals surface area contributed by atoms with Crippen molar-refractivity contribution < 1.29 is 14.9 Å². The van der Waals surface area contributed by atoms with Crippen molar-refractivity contribution in [2.24, 2.45) is 0 Å². The van der Waals surface area contributed by atoms with Gasteiger partial charge in [-0.1, -0.05) is 71.5 Å². The first kappa shape index (κ1) is 21.2. The van der Waals surface area contributed by atoms with Crippen molar-refractivity contribution in [1.82, 2.24) is 10.2 Å². The average Bonchev–Trinajstić information content (AvgIpc) is 3.21. The summed E-state index contributed by atoms with van der Waals surface area (Å²) >= 11 is 7.96. The Bertz CT molecular complexity index is 1010. The first-order valence-electron chi connectivity index (χ1n) is 9.89. The Labute approximate surface area is 184 Å². The van der Waals surface area contributed by atoms with Gasteiger partial charge in [0.05, 0.1) is 24.9 Å². The summed E-state index contributed by atoms with van der Waals surface area (Å²) in [7, 11) is 0. The molecule has 2 heterocycles. The molecule has 0 aliphatic carbocycles. The third-order valence-electron chi connectivity index (χ3n) is 5.07. The van der Waals surface area contributed by atoms with E-state index in [1.54, 1.807) is 0 Å². The van der Waals surface area contributed by atoms with Crippen LogP contribution < -0.4 is 0 Å². The number of nitrogens with zero attached hydrogens (tertiary/aromatic N) is 2. The quantitative estimate of drug-likeness (QED) is 0.586. The summed E-state index contributed by atoms with van der Waals surface area (Å²) < 4.78 is 5.93. The highest BCUT2D eigenvalue weighted by Crippen LogP contribution is 2.34. The van der Waals surface area contributed by atoms with E-state index in [1.165, 1.54) is 11.3 Å². The molecule has 7 heteroatoms. The van der Waals surface area contributed by atoms with Gasteiger partial charge in [0, 0.05) is 24.3 Å². The van der Waals surface area contributed by atoms with Gasteiger partial charge in [-0.2, -0.15) is 0 Å². The maximum atomic E-state index is 10.1. The molecule has 2 aromatic carbocycles. The van der Waals surface area contributed by atoms with Crippen molar-refractivity contribution >= 4 is 35.1 Å². The Hall–Kier alpha value is -2.09. The fourth-order valence-corrected chi connectivity index (χ4v) is 4.51. The van der Waals surface area contributed by atoms with Crippen molar-refractivity contribution in [3.05, 3.63) is 80.3 Å². The molecular formula is C23H23ClN2O3S. The lowest BCUT2D eigenvalue weighted by Crippen LogP contribution is -2.33. The second-order valence-electron chi connectivity index (χ2n) is 7.36. The average molecular weight is 443 g/mol. The number of hydrogen-bond donors (Lipinski definition) is 2. The smallest absolute Gasteiger partial charge is 0.140 e. The zero-order valence-corrected chi connectivity index (χ0v) is 17.9. The van der Waals surface area contributed by atoms with Gasteiger partial charge in [0.2, 0.25) is 0 Å². The van der Waals surface area contributed by atoms with E-state index in [4.69, 9.17) is 16.3 Å².